The number of nitrogens with zero attached hydrogens (tertiary/aromatic N) is 2. The maximum atomic E-state index is 6.11. The molecule has 7 heteroatoms. The van der Waals surface area contributed by atoms with Crippen LogP contribution in [-0.2, 0) is 5.75 Å². The number of benzene rings is 2. The quantitative estimate of drug-likeness (QED) is 0.440. The molecule has 23 heavy (non-hydrogen) atoms. The number of nitrogens with two attached hydrogens (primary N) is 1. The van der Waals surface area contributed by atoms with Crippen LogP contribution < -0.4 is 10.5 Å². The van der Waals surface area contributed by atoms with Gasteiger partial charge in [0.2, 0.25) is 0 Å². The number of thioether (sulfide) groups is 1. The van der Waals surface area contributed by atoms with Gasteiger partial charge in [-0.15, -0.1) is 5.10 Å². The molecule has 4 nitrogen and oxygen atoms in total. The predicted molar refractivity (Wildman–Crippen MR) is 103 cm³/mol. The topological polar surface area (TPSA) is 60.0 Å². The van der Waals surface area contributed by atoms with Crippen LogP contribution in [0, 0.1) is 0 Å². The fraction of sp³-hybridized carbons (Fsp3) is 0.125. The molecule has 2 aromatic carbocycles. The van der Waals surface area contributed by atoms with E-state index < -0.39 is 0 Å². The average Bonchev–Trinajstić information content (AvgIpc) is 2.54. The van der Waals surface area contributed by atoms with E-state index in [1.54, 1.807) is 19.4 Å². The van der Waals surface area contributed by atoms with Crippen LogP contribution in [0.5, 0.6) is 5.75 Å². The summed E-state index contributed by atoms with van der Waals surface area (Å²) in [5.41, 5.74) is 7.82. The van der Waals surface area contributed by atoms with Crippen molar-refractivity contribution in [2.75, 3.05) is 7.11 Å². The van der Waals surface area contributed by atoms with Gasteiger partial charge >= 0.3 is 0 Å². The Bertz CT molecular complexity index is 700. The lowest BCUT2D eigenvalue weighted by molar-refractivity contribution is 0.412. The molecule has 2 rings (SSSR count). The Labute approximate surface area is 152 Å². The molecule has 0 atom stereocenters. The molecule has 0 aliphatic rings. The molecule has 0 saturated carbocycles. The molecule has 0 aliphatic carbocycles. The Morgan fingerprint density at radius 3 is 2.74 bits per heavy atom. The summed E-state index contributed by atoms with van der Waals surface area (Å²) < 4.78 is 5.93. The van der Waals surface area contributed by atoms with Crippen molar-refractivity contribution >= 4 is 50.7 Å². The lowest BCUT2D eigenvalue weighted by atomic mass is 10.2. The molecule has 0 unspecified atom stereocenters. The van der Waals surface area contributed by atoms with Gasteiger partial charge in [0.1, 0.15) is 0 Å². The van der Waals surface area contributed by atoms with E-state index in [1.165, 1.54) is 17.3 Å². The number of rotatable bonds is 5. The van der Waals surface area contributed by atoms with E-state index in [1.807, 2.05) is 36.4 Å². The molecule has 0 bridgehead atoms. The highest BCUT2D eigenvalue weighted by molar-refractivity contribution is 9.10. The molecule has 0 radical (unpaired) electrons. The smallest absolute Gasteiger partial charge is 0.180 e. The molecule has 0 fully saturated rings. The van der Waals surface area contributed by atoms with Crippen molar-refractivity contribution in [1.82, 2.24) is 0 Å². The fourth-order valence-electron chi connectivity index (χ4n) is 1.76. The van der Waals surface area contributed by atoms with E-state index in [9.17, 15) is 0 Å². The van der Waals surface area contributed by atoms with Gasteiger partial charge in [0.05, 0.1) is 22.8 Å². The second kappa shape index (κ2) is 8.96. The van der Waals surface area contributed by atoms with Crippen molar-refractivity contribution in [2.24, 2.45) is 15.9 Å². The molecule has 0 heterocycles. The molecule has 0 amide bonds. The van der Waals surface area contributed by atoms with Crippen molar-refractivity contribution in [3.63, 3.8) is 0 Å². The summed E-state index contributed by atoms with van der Waals surface area (Å²) >= 11 is 10.9. The van der Waals surface area contributed by atoms with Gasteiger partial charge in [-0.1, -0.05) is 53.7 Å². The number of hydrogen-bond donors (Lipinski definition) is 1. The molecule has 0 spiro atoms. The molecule has 0 aromatic heterocycles. The van der Waals surface area contributed by atoms with Crippen LogP contribution in [0.15, 0.2) is 57.1 Å². The van der Waals surface area contributed by atoms with E-state index in [2.05, 4.69) is 26.1 Å². The van der Waals surface area contributed by atoms with Crippen LogP contribution in [-0.4, -0.2) is 18.5 Å². The lowest BCUT2D eigenvalue weighted by Gasteiger charge is -2.06. The molecular weight excluding hydrogens is 398 g/mol. The van der Waals surface area contributed by atoms with Gasteiger partial charge in [-0.05, 0) is 39.2 Å². The van der Waals surface area contributed by atoms with Crippen molar-refractivity contribution in [3.8, 4) is 5.75 Å². The van der Waals surface area contributed by atoms with Crippen LogP contribution in [0.1, 0.15) is 11.1 Å². The first-order chi connectivity index (χ1) is 11.1. The highest BCUT2D eigenvalue weighted by atomic mass is 79.9. The molecular formula is C16H15BrClN3OS. The van der Waals surface area contributed by atoms with Crippen molar-refractivity contribution in [3.05, 3.63) is 63.1 Å². The standard InChI is InChI=1S/C16H15BrClN3OS/c1-22-15-13(17)7-12(8-14(15)18)9-20-21-16(19)23-10-11-5-3-2-4-6-11/h2-9H,10H2,1H3,(H2,19,21). The van der Waals surface area contributed by atoms with Crippen LogP contribution in [0.2, 0.25) is 5.02 Å². The summed E-state index contributed by atoms with van der Waals surface area (Å²) in [6.45, 7) is 0. The maximum absolute atomic E-state index is 6.11. The summed E-state index contributed by atoms with van der Waals surface area (Å²) in [5, 5.41) is 8.87. The van der Waals surface area contributed by atoms with E-state index in [4.69, 9.17) is 22.1 Å². The summed E-state index contributed by atoms with van der Waals surface area (Å²) in [4.78, 5) is 0. The van der Waals surface area contributed by atoms with Gasteiger partial charge in [0.15, 0.2) is 10.9 Å². The predicted octanol–water partition coefficient (Wildman–Crippen LogP) is 4.69. The van der Waals surface area contributed by atoms with Gasteiger partial charge in [0, 0.05) is 5.75 Å². The Morgan fingerprint density at radius 1 is 1.35 bits per heavy atom. The average molecular weight is 413 g/mol. The number of amidine groups is 1. The molecule has 120 valence electrons. The third-order valence-electron chi connectivity index (χ3n) is 2.82. The third kappa shape index (κ3) is 5.57. The number of hydrogen-bond acceptors (Lipinski definition) is 4. The second-order valence-corrected chi connectivity index (χ2v) is 6.73. The molecule has 0 aliphatic heterocycles. The lowest BCUT2D eigenvalue weighted by Crippen LogP contribution is -2.06. The number of ether oxygens (including phenoxy) is 1. The van der Waals surface area contributed by atoms with E-state index in [0.717, 1.165) is 15.8 Å². The monoisotopic (exact) mass is 411 g/mol. The Balaban J connectivity index is 1.97. The second-order valence-electron chi connectivity index (χ2n) is 4.47. The maximum Gasteiger partial charge on any atom is 0.180 e. The van der Waals surface area contributed by atoms with Crippen molar-refractivity contribution in [1.29, 1.82) is 0 Å². The van der Waals surface area contributed by atoms with Crippen molar-refractivity contribution in [2.45, 2.75) is 5.75 Å². The molecule has 0 saturated heterocycles. The van der Waals surface area contributed by atoms with Gasteiger partial charge in [-0.2, -0.15) is 5.10 Å². The van der Waals surface area contributed by atoms with Gasteiger partial charge < -0.3 is 10.5 Å². The summed E-state index contributed by atoms with van der Waals surface area (Å²) in [6.07, 6.45) is 1.59. The van der Waals surface area contributed by atoms with Crippen LogP contribution in [0.4, 0.5) is 0 Å². The zero-order valence-corrected chi connectivity index (χ0v) is 15.5. The van der Waals surface area contributed by atoms with E-state index in [-0.39, 0.29) is 0 Å². The SMILES string of the molecule is COc1c(Cl)cc(C=NN=C(N)SCc2ccccc2)cc1Br. The minimum atomic E-state index is 0.406. The fourth-order valence-corrected chi connectivity index (χ4v) is 3.43. The Hall–Kier alpha value is -1.50. The highest BCUT2D eigenvalue weighted by Crippen LogP contribution is 2.33. The Morgan fingerprint density at radius 2 is 2.09 bits per heavy atom. The van der Waals surface area contributed by atoms with Crippen molar-refractivity contribution < 1.29 is 4.74 Å². The number of halogens is 2. The van der Waals surface area contributed by atoms with Gasteiger partial charge in [-0.3, -0.25) is 0 Å². The summed E-state index contributed by atoms with van der Waals surface area (Å²) in [5.74, 6) is 1.34. The zero-order chi connectivity index (χ0) is 16.7. The van der Waals surface area contributed by atoms with Gasteiger partial charge in [0.25, 0.3) is 0 Å². The van der Waals surface area contributed by atoms with Crippen LogP contribution >= 0.6 is 39.3 Å². The third-order valence-corrected chi connectivity index (χ3v) is 4.54. The Kier molecular flexibility index (Phi) is 6.95. The van der Waals surface area contributed by atoms with Gasteiger partial charge in [-0.25, -0.2) is 0 Å². The minimum Gasteiger partial charge on any atom is -0.494 e. The largest absolute Gasteiger partial charge is 0.494 e. The summed E-state index contributed by atoms with van der Waals surface area (Å²) in [7, 11) is 1.56. The summed E-state index contributed by atoms with van der Waals surface area (Å²) in [6, 6.07) is 13.6. The first-order valence-electron chi connectivity index (χ1n) is 6.66. The first kappa shape index (κ1) is 17.8. The van der Waals surface area contributed by atoms with E-state index >= 15 is 0 Å². The highest BCUT2D eigenvalue weighted by Gasteiger charge is 2.06. The normalized spacial score (nSPS) is 11.9. The first-order valence-corrected chi connectivity index (χ1v) is 8.82. The zero-order valence-electron chi connectivity index (χ0n) is 12.4. The minimum absolute atomic E-state index is 0.406. The van der Waals surface area contributed by atoms with Crippen LogP contribution in [0.3, 0.4) is 0 Å². The molecule has 2 N–H and O–H groups in total. The molecule has 2 aromatic rings. The van der Waals surface area contributed by atoms with Crippen LogP contribution in [0.25, 0.3) is 0 Å². The van der Waals surface area contributed by atoms with E-state index in [0.29, 0.717) is 15.9 Å². The number of methoxy groups -OCH3 is 1.